The van der Waals surface area contributed by atoms with Crippen molar-refractivity contribution in [2.45, 2.75) is 19.1 Å². The number of alkyl halides is 1. The van der Waals surface area contributed by atoms with E-state index in [0.29, 0.717) is 31.6 Å². The van der Waals surface area contributed by atoms with Crippen LogP contribution in [0.25, 0.3) is 0 Å². The van der Waals surface area contributed by atoms with E-state index in [9.17, 15) is 13.2 Å². The quantitative estimate of drug-likeness (QED) is 0.826. The van der Waals surface area contributed by atoms with Crippen LogP contribution in [0.5, 0.6) is 0 Å². The van der Waals surface area contributed by atoms with E-state index in [1.807, 2.05) is 0 Å². The third-order valence-corrected chi connectivity index (χ3v) is 2.87. The van der Waals surface area contributed by atoms with Crippen molar-refractivity contribution >= 4 is 0 Å². The first-order valence-corrected chi connectivity index (χ1v) is 5.94. The van der Waals surface area contributed by atoms with E-state index in [1.54, 1.807) is 0 Å². The van der Waals surface area contributed by atoms with Gasteiger partial charge < -0.3 is 9.47 Å². The van der Waals surface area contributed by atoms with Crippen LogP contribution in [0, 0.1) is 17.6 Å². The van der Waals surface area contributed by atoms with Crippen molar-refractivity contribution in [2.24, 2.45) is 5.92 Å². The van der Waals surface area contributed by atoms with E-state index < -0.39 is 17.9 Å². The molecule has 1 saturated heterocycles. The van der Waals surface area contributed by atoms with Crippen molar-refractivity contribution in [3.05, 3.63) is 35.4 Å². The summed E-state index contributed by atoms with van der Waals surface area (Å²) in [5, 5.41) is 0. The van der Waals surface area contributed by atoms with Gasteiger partial charge in [-0.15, -0.1) is 0 Å². The van der Waals surface area contributed by atoms with Gasteiger partial charge in [-0.2, -0.15) is 0 Å². The van der Waals surface area contributed by atoms with Crippen molar-refractivity contribution in [2.75, 3.05) is 19.9 Å². The number of ether oxygens (including phenoxy) is 2. The standard InChI is InChI=1S/C13H15F3O2/c14-3-1-2-9-7-17-13(18-8-9)10-4-11(15)6-12(16)5-10/h4-6,9,13H,1-3,7-8H2. The molecule has 2 rings (SSSR count). The molecule has 0 aliphatic carbocycles. The summed E-state index contributed by atoms with van der Waals surface area (Å²) in [6, 6.07) is 3.18. The maximum absolute atomic E-state index is 13.0. The van der Waals surface area contributed by atoms with Crippen LogP contribution in [0.2, 0.25) is 0 Å². The van der Waals surface area contributed by atoms with Crippen molar-refractivity contribution in [3.8, 4) is 0 Å². The molecule has 0 spiro atoms. The monoisotopic (exact) mass is 260 g/mol. The topological polar surface area (TPSA) is 18.5 Å². The van der Waals surface area contributed by atoms with E-state index in [0.717, 1.165) is 6.07 Å². The minimum atomic E-state index is -0.739. The molecule has 0 aromatic heterocycles. The minimum absolute atomic E-state index is 0.149. The van der Waals surface area contributed by atoms with Crippen molar-refractivity contribution in [3.63, 3.8) is 0 Å². The molecule has 1 fully saturated rings. The maximum atomic E-state index is 13.0. The van der Waals surface area contributed by atoms with E-state index in [-0.39, 0.29) is 12.6 Å². The molecule has 0 atom stereocenters. The highest BCUT2D eigenvalue weighted by molar-refractivity contribution is 5.19. The Morgan fingerprint density at radius 3 is 2.22 bits per heavy atom. The summed E-state index contributed by atoms with van der Waals surface area (Å²) in [5.41, 5.74) is 0.330. The minimum Gasteiger partial charge on any atom is -0.348 e. The van der Waals surface area contributed by atoms with Crippen molar-refractivity contribution < 1.29 is 22.6 Å². The van der Waals surface area contributed by atoms with Crippen LogP contribution in [0.4, 0.5) is 13.2 Å². The number of hydrogen-bond acceptors (Lipinski definition) is 2. The zero-order valence-electron chi connectivity index (χ0n) is 9.87. The van der Waals surface area contributed by atoms with Crippen LogP contribution >= 0.6 is 0 Å². The molecule has 1 aliphatic rings. The van der Waals surface area contributed by atoms with Crippen molar-refractivity contribution in [1.82, 2.24) is 0 Å². The zero-order chi connectivity index (χ0) is 13.0. The Labute approximate surface area is 104 Å². The fraction of sp³-hybridized carbons (Fsp3) is 0.538. The largest absolute Gasteiger partial charge is 0.348 e. The number of halogens is 3. The van der Waals surface area contributed by atoms with Crippen LogP contribution in [0.3, 0.4) is 0 Å². The third-order valence-electron chi connectivity index (χ3n) is 2.87. The predicted octanol–water partition coefficient (Wildman–Crippen LogP) is 3.38. The molecule has 0 unspecified atom stereocenters. The molecule has 18 heavy (non-hydrogen) atoms. The van der Waals surface area contributed by atoms with Gasteiger partial charge >= 0.3 is 0 Å². The SMILES string of the molecule is FCCCC1COC(c2cc(F)cc(F)c2)OC1. The lowest BCUT2D eigenvalue weighted by Crippen LogP contribution is -2.27. The van der Waals surface area contributed by atoms with E-state index in [2.05, 4.69) is 0 Å². The molecule has 0 radical (unpaired) electrons. The third kappa shape index (κ3) is 3.46. The van der Waals surface area contributed by atoms with Gasteiger partial charge in [0.05, 0.1) is 19.9 Å². The Kier molecular flexibility index (Phi) is 4.60. The summed E-state index contributed by atoms with van der Waals surface area (Å²) in [6.07, 6.45) is 0.439. The van der Waals surface area contributed by atoms with Crippen LogP contribution in [0.1, 0.15) is 24.7 Å². The van der Waals surface area contributed by atoms with Gasteiger partial charge in [-0.05, 0) is 25.0 Å². The normalized spacial score (nSPS) is 24.2. The molecule has 100 valence electrons. The second kappa shape index (κ2) is 6.20. The zero-order valence-corrected chi connectivity index (χ0v) is 9.87. The van der Waals surface area contributed by atoms with Gasteiger partial charge in [0.15, 0.2) is 6.29 Å². The molecule has 1 aromatic carbocycles. The average molecular weight is 260 g/mol. The van der Waals surface area contributed by atoms with E-state index in [1.165, 1.54) is 12.1 Å². The van der Waals surface area contributed by atoms with Crippen molar-refractivity contribution in [1.29, 1.82) is 0 Å². The van der Waals surface area contributed by atoms with Gasteiger partial charge in [0, 0.05) is 17.5 Å². The highest BCUT2D eigenvalue weighted by Gasteiger charge is 2.24. The van der Waals surface area contributed by atoms with Crippen LogP contribution < -0.4 is 0 Å². The average Bonchev–Trinajstić information content (AvgIpc) is 2.36. The lowest BCUT2D eigenvalue weighted by Gasteiger charge is -2.29. The first kappa shape index (κ1) is 13.4. The van der Waals surface area contributed by atoms with Gasteiger partial charge in [-0.1, -0.05) is 0 Å². The van der Waals surface area contributed by atoms with Gasteiger partial charge in [-0.25, -0.2) is 8.78 Å². The lowest BCUT2D eigenvalue weighted by atomic mass is 10.0. The maximum Gasteiger partial charge on any atom is 0.184 e. The number of hydrogen-bond donors (Lipinski definition) is 0. The predicted molar refractivity (Wildman–Crippen MR) is 59.7 cm³/mol. The van der Waals surface area contributed by atoms with Crippen LogP contribution in [-0.4, -0.2) is 19.9 Å². The molecule has 1 aromatic rings. The molecule has 1 aliphatic heterocycles. The summed E-state index contributed by atoms with van der Waals surface area (Å²) < 4.78 is 48.9. The fourth-order valence-electron chi connectivity index (χ4n) is 1.98. The second-order valence-electron chi connectivity index (χ2n) is 4.40. The number of benzene rings is 1. The smallest absolute Gasteiger partial charge is 0.184 e. The van der Waals surface area contributed by atoms with E-state index in [4.69, 9.17) is 9.47 Å². The summed E-state index contributed by atoms with van der Waals surface area (Å²) in [4.78, 5) is 0. The van der Waals surface area contributed by atoms with Gasteiger partial charge in [0.1, 0.15) is 11.6 Å². The Bertz CT molecular complexity index is 370. The van der Waals surface area contributed by atoms with Gasteiger partial charge in [-0.3, -0.25) is 4.39 Å². The highest BCUT2D eigenvalue weighted by atomic mass is 19.1. The Morgan fingerprint density at radius 2 is 1.67 bits per heavy atom. The summed E-state index contributed by atoms with van der Waals surface area (Å²) >= 11 is 0. The number of rotatable bonds is 4. The Balaban J connectivity index is 1.92. The Morgan fingerprint density at radius 1 is 1.06 bits per heavy atom. The first-order valence-electron chi connectivity index (χ1n) is 5.94. The van der Waals surface area contributed by atoms with Crippen LogP contribution in [-0.2, 0) is 9.47 Å². The molecular formula is C13H15F3O2. The molecule has 5 heteroatoms. The molecule has 0 bridgehead atoms. The highest BCUT2D eigenvalue weighted by Crippen LogP contribution is 2.27. The molecular weight excluding hydrogens is 245 g/mol. The van der Waals surface area contributed by atoms with Crippen LogP contribution in [0.15, 0.2) is 18.2 Å². The fourth-order valence-corrected chi connectivity index (χ4v) is 1.98. The summed E-state index contributed by atoms with van der Waals surface area (Å²) in [7, 11) is 0. The van der Waals surface area contributed by atoms with E-state index >= 15 is 0 Å². The van der Waals surface area contributed by atoms with Gasteiger partial charge in [0.25, 0.3) is 0 Å². The molecule has 0 amide bonds. The first-order chi connectivity index (χ1) is 8.69. The molecule has 0 N–H and O–H groups in total. The molecule has 0 saturated carbocycles. The summed E-state index contributed by atoms with van der Waals surface area (Å²) in [6.45, 7) is 0.487. The summed E-state index contributed by atoms with van der Waals surface area (Å²) in [5.74, 6) is -1.16. The molecule has 1 heterocycles. The molecule has 2 nitrogen and oxygen atoms in total. The second-order valence-corrected chi connectivity index (χ2v) is 4.40. The van der Waals surface area contributed by atoms with Gasteiger partial charge in [0.2, 0.25) is 0 Å². The Hall–Kier alpha value is -1.07. The lowest BCUT2D eigenvalue weighted by molar-refractivity contribution is -0.206.